The second-order valence-electron chi connectivity index (χ2n) is 8.13. The van der Waals surface area contributed by atoms with Crippen LogP contribution in [0.2, 0.25) is 10.0 Å². The fourth-order valence-corrected chi connectivity index (χ4v) is 4.68. The van der Waals surface area contributed by atoms with Gasteiger partial charge in [-0.25, -0.2) is 0 Å². The Morgan fingerprint density at radius 1 is 1.00 bits per heavy atom. The van der Waals surface area contributed by atoms with Crippen LogP contribution in [0.3, 0.4) is 0 Å². The molecule has 1 saturated heterocycles. The molecular formula is C23H27Cl2N3O2. The summed E-state index contributed by atoms with van der Waals surface area (Å²) in [6, 6.07) is 13.5. The molecule has 0 aromatic heterocycles. The second-order valence-corrected chi connectivity index (χ2v) is 8.91. The number of hydrogen-bond donors (Lipinski definition) is 0. The molecule has 30 heavy (non-hydrogen) atoms. The van der Waals surface area contributed by atoms with Crippen LogP contribution < -0.4 is 4.90 Å². The van der Waals surface area contributed by atoms with E-state index in [1.165, 1.54) is 0 Å². The van der Waals surface area contributed by atoms with Gasteiger partial charge in [0.2, 0.25) is 0 Å². The maximum Gasteiger partial charge on any atom is 0.256 e. The number of fused-ring (bicyclic) bond motifs is 1. The van der Waals surface area contributed by atoms with E-state index < -0.39 is 0 Å². The molecule has 1 atom stereocenters. The summed E-state index contributed by atoms with van der Waals surface area (Å²) in [4.78, 5) is 19.5. The molecule has 7 heteroatoms. The lowest BCUT2D eigenvalue weighted by molar-refractivity contribution is 0.0175. The number of rotatable bonds is 5. The molecule has 0 bridgehead atoms. The van der Waals surface area contributed by atoms with Crippen molar-refractivity contribution in [2.24, 2.45) is 5.92 Å². The molecule has 1 unspecified atom stereocenters. The van der Waals surface area contributed by atoms with Crippen LogP contribution in [-0.2, 0) is 11.3 Å². The number of carbonyl (C=O) groups is 1. The van der Waals surface area contributed by atoms with Crippen molar-refractivity contribution in [3.05, 3.63) is 63.6 Å². The summed E-state index contributed by atoms with van der Waals surface area (Å²) in [6.45, 7) is 8.40. The third-order valence-corrected chi connectivity index (χ3v) is 6.59. The molecule has 0 spiro atoms. The predicted octanol–water partition coefficient (Wildman–Crippen LogP) is 4.38. The number of hydrogen-bond acceptors (Lipinski definition) is 4. The molecule has 2 aliphatic rings. The van der Waals surface area contributed by atoms with E-state index in [-0.39, 0.29) is 5.91 Å². The molecule has 5 nitrogen and oxygen atoms in total. The molecule has 160 valence electrons. The molecule has 1 amide bonds. The Morgan fingerprint density at radius 2 is 1.77 bits per heavy atom. The highest BCUT2D eigenvalue weighted by Gasteiger charge is 2.26. The third-order valence-electron chi connectivity index (χ3n) is 5.79. The monoisotopic (exact) mass is 447 g/mol. The van der Waals surface area contributed by atoms with Crippen LogP contribution in [0.15, 0.2) is 42.5 Å². The zero-order chi connectivity index (χ0) is 21.1. The van der Waals surface area contributed by atoms with E-state index in [0.29, 0.717) is 35.8 Å². The Balaban J connectivity index is 1.30. The van der Waals surface area contributed by atoms with E-state index in [1.807, 2.05) is 47.4 Å². The largest absolute Gasteiger partial charge is 0.368 e. The Kier molecular flexibility index (Phi) is 6.84. The highest BCUT2D eigenvalue weighted by atomic mass is 35.5. The van der Waals surface area contributed by atoms with E-state index in [9.17, 15) is 4.79 Å². The normalized spacial score (nSPS) is 18.8. The van der Waals surface area contributed by atoms with Crippen LogP contribution in [0, 0.1) is 5.92 Å². The Hall–Kier alpha value is -1.79. The van der Waals surface area contributed by atoms with Gasteiger partial charge in [0.15, 0.2) is 0 Å². The summed E-state index contributed by atoms with van der Waals surface area (Å²) in [5.41, 5.74) is 2.73. The molecule has 2 heterocycles. The van der Waals surface area contributed by atoms with Crippen molar-refractivity contribution in [3.63, 3.8) is 0 Å². The van der Waals surface area contributed by atoms with Crippen molar-refractivity contribution in [3.8, 4) is 0 Å². The fraction of sp³-hybridized carbons (Fsp3) is 0.435. The smallest absolute Gasteiger partial charge is 0.256 e. The summed E-state index contributed by atoms with van der Waals surface area (Å²) in [5, 5.41) is 1.22. The second kappa shape index (κ2) is 9.56. The van der Waals surface area contributed by atoms with E-state index in [2.05, 4.69) is 16.7 Å². The van der Waals surface area contributed by atoms with Crippen molar-refractivity contribution in [2.45, 2.75) is 13.5 Å². The SMILES string of the molecule is CC(CN1CCN(c2cccc(Cl)c2Cl)CC1)CN1COCc2ccccc2C1=O. The third kappa shape index (κ3) is 4.75. The minimum absolute atomic E-state index is 0.0652. The molecule has 2 aromatic carbocycles. The summed E-state index contributed by atoms with van der Waals surface area (Å²) in [7, 11) is 0. The van der Waals surface area contributed by atoms with E-state index >= 15 is 0 Å². The molecule has 0 radical (unpaired) electrons. The van der Waals surface area contributed by atoms with Crippen LogP contribution in [0.5, 0.6) is 0 Å². The maximum atomic E-state index is 12.9. The number of nitrogens with zero attached hydrogens (tertiary/aromatic N) is 3. The first kappa shape index (κ1) is 21.4. The van der Waals surface area contributed by atoms with Gasteiger partial charge in [-0.3, -0.25) is 9.69 Å². The molecule has 0 saturated carbocycles. The minimum Gasteiger partial charge on any atom is -0.368 e. The van der Waals surface area contributed by atoms with E-state index in [1.54, 1.807) is 0 Å². The quantitative estimate of drug-likeness (QED) is 0.680. The van der Waals surface area contributed by atoms with Crippen LogP contribution in [0.1, 0.15) is 22.8 Å². The van der Waals surface area contributed by atoms with Crippen molar-refractivity contribution in [1.29, 1.82) is 0 Å². The number of benzene rings is 2. The topological polar surface area (TPSA) is 36.0 Å². The average molecular weight is 448 g/mol. The molecule has 1 fully saturated rings. The summed E-state index contributed by atoms with van der Waals surface area (Å²) < 4.78 is 5.74. The zero-order valence-electron chi connectivity index (χ0n) is 17.2. The Labute approximate surface area is 188 Å². The van der Waals surface area contributed by atoms with Crippen LogP contribution in [0.25, 0.3) is 0 Å². The average Bonchev–Trinajstić information content (AvgIpc) is 2.90. The van der Waals surface area contributed by atoms with Crippen molar-refractivity contribution >= 4 is 34.8 Å². The summed E-state index contributed by atoms with van der Waals surface area (Å²) in [5.74, 6) is 0.416. The van der Waals surface area contributed by atoms with Gasteiger partial charge in [0, 0.05) is 44.8 Å². The number of piperazine rings is 1. The molecule has 2 aromatic rings. The van der Waals surface area contributed by atoms with Gasteiger partial charge in [0.05, 0.1) is 22.3 Å². The van der Waals surface area contributed by atoms with Gasteiger partial charge in [0.1, 0.15) is 6.73 Å². The number of anilines is 1. The zero-order valence-corrected chi connectivity index (χ0v) is 18.7. The molecule has 2 aliphatic heterocycles. The van der Waals surface area contributed by atoms with Gasteiger partial charge in [-0.05, 0) is 29.7 Å². The van der Waals surface area contributed by atoms with Gasteiger partial charge >= 0.3 is 0 Å². The lowest BCUT2D eigenvalue weighted by atomic mass is 10.1. The molecule has 4 rings (SSSR count). The first-order chi connectivity index (χ1) is 14.5. The summed E-state index contributed by atoms with van der Waals surface area (Å²) in [6.07, 6.45) is 0. The highest BCUT2D eigenvalue weighted by Crippen LogP contribution is 2.33. The number of ether oxygens (including phenoxy) is 1. The van der Waals surface area contributed by atoms with Gasteiger partial charge < -0.3 is 14.5 Å². The molecule has 0 aliphatic carbocycles. The van der Waals surface area contributed by atoms with E-state index in [0.717, 1.165) is 49.5 Å². The maximum absolute atomic E-state index is 12.9. The van der Waals surface area contributed by atoms with E-state index in [4.69, 9.17) is 27.9 Å². The minimum atomic E-state index is 0.0652. The molecule has 0 N–H and O–H groups in total. The van der Waals surface area contributed by atoms with Crippen molar-refractivity contribution < 1.29 is 9.53 Å². The fourth-order valence-electron chi connectivity index (χ4n) is 4.27. The van der Waals surface area contributed by atoms with Crippen molar-refractivity contribution in [2.75, 3.05) is 50.9 Å². The molecular weight excluding hydrogens is 421 g/mol. The standard InChI is InChI=1S/C23H27Cl2N3O2/c1-17(14-28-16-30-15-18-5-2-3-6-19(18)23(28)29)13-26-9-11-27(12-10-26)21-8-4-7-20(24)22(21)25/h2-8,17H,9-16H2,1H3. The Morgan fingerprint density at radius 3 is 2.57 bits per heavy atom. The summed E-state index contributed by atoms with van der Waals surface area (Å²) >= 11 is 12.5. The van der Waals surface area contributed by atoms with Gasteiger partial charge in [0.25, 0.3) is 5.91 Å². The van der Waals surface area contributed by atoms with Crippen LogP contribution >= 0.6 is 23.2 Å². The predicted molar refractivity (Wildman–Crippen MR) is 121 cm³/mol. The van der Waals surface area contributed by atoms with Gasteiger partial charge in [-0.1, -0.05) is 54.4 Å². The highest BCUT2D eigenvalue weighted by molar-refractivity contribution is 6.43. The first-order valence-electron chi connectivity index (χ1n) is 10.4. The lowest BCUT2D eigenvalue weighted by Crippen LogP contribution is -2.49. The number of carbonyl (C=O) groups excluding carboxylic acids is 1. The lowest BCUT2D eigenvalue weighted by Gasteiger charge is -2.38. The first-order valence-corrected chi connectivity index (χ1v) is 11.1. The van der Waals surface area contributed by atoms with Gasteiger partial charge in [-0.2, -0.15) is 0 Å². The number of halogens is 2. The number of amides is 1. The Bertz CT molecular complexity index is 900. The van der Waals surface area contributed by atoms with Gasteiger partial charge in [-0.15, -0.1) is 0 Å². The van der Waals surface area contributed by atoms with Crippen LogP contribution in [-0.4, -0.2) is 61.7 Å². The van der Waals surface area contributed by atoms with Crippen LogP contribution in [0.4, 0.5) is 5.69 Å². The van der Waals surface area contributed by atoms with Crippen molar-refractivity contribution in [1.82, 2.24) is 9.80 Å².